The van der Waals surface area contributed by atoms with E-state index >= 15 is 0 Å². The van der Waals surface area contributed by atoms with E-state index in [4.69, 9.17) is 19.2 Å². The zero-order valence-electron chi connectivity index (χ0n) is 18.5. The Hall–Kier alpha value is -3.06. The van der Waals surface area contributed by atoms with Crippen LogP contribution in [-0.2, 0) is 4.74 Å². The zero-order valence-corrected chi connectivity index (χ0v) is 19.3. The molecule has 1 unspecified atom stereocenters. The molecule has 0 saturated carbocycles. The van der Waals surface area contributed by atoms with Crippen LogP contribution in [0.5, 0.6) is 11.5 Å². The standard InChI is InChI=1S/C25H26N2O4S/c1-25(2,3)31-24(28)27-13-11-16(12-14-27)17-7-6-9-19-22(17)29-15-20(30-19)23-26-18-8-4-5-10-21(18)32-23/h4-11,20H,12-15H2,1-3H3. The van der Waals surface area contributed by atoms with Gasteiger partial charge in [-0.2, -0.15) is 0 Å². The lowest BCUT2D eigenvalue weighted by atomic mass is 9.98. The number of hydrogen-bond donors (Lipinski definition) is 0. The lowest BCUT2D eigenvalue weighted by molar-refractivity contribution is 0.0270. The predicted molar refractivity (Wildman–Crippen MR) is 125 cm³/mol. The van der Waals surface area contributed by atoms with Crippen molar-refractivity contribution < 1.29 is 19.0 Å². The van der Waals surface area contributed by atoms with Crippen molar-refractivity contribution in [3.8, 4) is 11.5 Å². The minimum atomic E-state index is -0.495. The molecule has 0 saturated heterocycles. The Morgan fingerprint density at radius 1 is 1.19 bits per heavy atom. The summed E-state index contributed by atoms with van der Waals surface area (Å²) >= 11 is 1.64. The lowest BCUT2D eigenvalue weighted by Gasteiger charge is -2.31. The Morgan fingerprint density at radius 3 is 2.78 bits per heavy atom. The minimum absolute atomic E-state index is 0.224. The fraction of sp³-hybridized carbons (Fsp3) is 0.360. The van der Waals surface area contributed by atoms with Crippen LogP contribution >= 0.6 is 11.3 Å². The van der Waals surface area contributed by atoms with Crippen molar-refractivity contribution in [2.45, 2.75) is 38.9 Å². The van der Waals surface area contributed by atoms with Gasteiger partial charge in [0.15, 0.2) is 17.6 Å². The van der Waals surface area contributed by atoms with E-state index in [0.717, 1.165) is 44.3 Å². The molecule has 2 aromatic carbocycles. The molecule has 0 N–H and O–H groups in total. The first-order valence-corrected chi connectivity index (χ1v) is 11.6. The maximum absolute atomic E-state index is 12.3. The average Bonchev–Trinajstić information content (AvgIpc) is 3.22. The van der Waals surface area contributed by atoms with Gasteiger partial charge >= 0.3 is 6.09 Å². The molecule has 6 nitrogen and oxygen atoms in total. The highest BCUT2D eigenvalue weighted by atomic mass is 32.1. The summed E-state index contributed by atoms with van der Waals surface area (Å²) in [6.07, 6.45) is 2.31. The van der Waals surface area contributed by atoms with Crippen molar-refractivity contribution in [3.63, 3.8) is 0 Å². The molecule has 0 bridgehead atoms. The first kappa shape index (κ1) is 20.8. The van der Waals surface area contributed by atoms with Gasteiger partial charge in [0, 0.05) is 18.7 Å². The van der Waals surface area contributed by atoms with Gasteiger partial charge in [-0.15, -0.1) is 11.3 Å². The van der Waals surface area contributed by atoms with Gasteiger partial charge in [-0.25, -0.2) is 9.78 Å². The molecule has 0 spiro atoms. The lowest BCUT2D eigenvalue weighted by Crippen LogP contribution is -2.39. The largest absolute Gasteiger partial charge is 0.485 e. The molecule has 1 amide bonds. The third-order valence-corrected chi connectivity index (χ3v) is 6.55. The van der Waals surface area contributed by atoms with Crippen LogP contribution in [0.2, 0.25) is 0 Å². The van der Waals surface area contributed by atoms with E-state index in [1.165, 1.54) is 0 Å². The highest BCUT2D eigenvalue weighted by Crippen LogP contribution is 2.43. The van der Waals surface area contributed by atoms with Crippen molar-refractivity contribution in [2.75, 3.05) is 19.7 Å². The summed E-state index contributed by atoms with van der Waals surface area (Å²) in [5.41, 5.74) is 2.67. The highest BCUT2D eigenvalue weighted by Gasteiger charge is 2.29. The third kappa shape index (κ3) is 4.17. The van der Waals surface area contributed by atoms with Crippen molar-refractivity contribution in [2.24, 2.45) is 0 Å². The Labute approximate surface area is 191 Å². The van der Waals surface area contributed by atoms with Crippen LogP contribution in [0.3, 0.4) is 0 Å². The predicted octanol–water partition coefficient (Wildman–Crippen LogP) is 5.83. The van der Waals surface area contributed by atoms with E-state index in [2.05, 4.69) is 18.2 Å². The second-order valence-electron chi connectivity index (χ2n) is 8.98. The fourth-order valence-electron chi connectivity index (χ4n) is 3.91. The minimum Gasteiger partial charge on any atom is -0.485 e. The van der Waals surface area contributed by atoms with Crippen LogP contribution in [0, 0.1) is 0 Å². The van der Waals surface area contributed by atoms with Gasteiger partial charge in [-0.1, -0.05) is 30.3 Å². The summed E-state index contributed by atoms with van der Waals surface area (Å²) in [6.45, 7) is 7.19. The average molecular weight is 451 g/mol. The maximum atomic E-state index is 12.3. The number of para-hydroxylation sites is 2. The smallest absolute Gasteiger partial charge is 0.410 e. The van der Waals surface area contributed by atoms with E-state index in [1.54, 1.807) is 16.2 Å². The Kier molecular flexibility index (Phi) is 5.29. The van der Waals surface area contributed by atoms with Gasteiger partial charge in [0.25, 0.3) is 0 Å². The van der Waals surface area contributed by atoms with Crippen molar-refractivity contribution in [3.05, 3.63) is 59.1 Å². The number of fused-ring (bicyclic) bond motifs is 2. The molecule has 3 heterocycles. The van der Waals surface area contributed by atoms with Crippen molar-refractivity contribution in [1.29, 1.82) is 0 Å². The van der Waals surface area contributed by atoms with Gasteiger partial charge in [-0.05, 0) is 51.0 Å². The molecule has 7 heteroatoms. The van der Waals surface area contributed by atoms with Gasteiger partial charge in [0.05, 0.1) is 10.2 Å². The van der Waals surface area contributed by atoms with E-state index in [0.29, 0.717) is 19.7 Å². The molecule has 3 aromatic rings. The Balaban J connectivity index is 1.33. The first-order chi connectivity index (χ1) is 15.4. The number of nitrogens with zero attached hydrogens (tertiary/aromatic N) is 2. The van der Waals surface area contributed by atoms with E-state index < -0.39 is 5.60 Å². The van der Waals surface area contributed by atoms with Crippen LogP contribution in [0.1, 0.15) is 43.9 Å². The number of amides is 1. The summed E-state index contributed by atoms with van der Waals surface area (Å²) in [4.78, 5) is 18.8. The van der Waals surface area contributed by atoms with Crippen molar-refractivity contribution in [1.82, 2.24) is 9.88 Å². The molecule has 2 aliphatic heterocycles. The molecule has 0 aliphatic carbocycles. The Bertz CT molecular complexity index is 1160. The molecule has 0 fully saturated rings. The number of hydrogen-bond acceptors (Lipinski definition) is 6. The molecular weight excluding hydrogens is 424 g/mol. The quantitative estimate of drug-likeness (QED) is 0.491. The summed E-state index contributed by atoms with van der Waals surface area (Å²) in [6, 6.07) is 14.1. The van der Waals surface area contributed by atoms with Gasteiger partial charge in [-0.3, -0.25) is 0 Å². The van der Waals surface area contributed by atoms with Crippen molar-refractivity contribution >= 4 is 33.2 Å². The van der Waals surface area contributed by atoms with Crippen LogP contribution in [0.25, 0.3) is 15.8 Å². The normalized spacial score (nSPS) is 18.4. The number of thiazole rings is 1. The van der Waals surface area contributed by atoms with Crippen LogP contribution in [0.15, 0.2) is 48.5 Å². The number of benzene rings is 2. The van der Waals surface area contributed by atoms with Gasteiger partial charge < -0.3 is 19.1 Å². The van der Waals surface area contributed by atoms with Crippen LogP contribution in [0.4, 0.5) is 4.79 Å². The topological polar surface area (TPSA) is 60.9 Å². The fourth-order valence-corrected chi connectivity index (χ4v) is 4.89. The number of ether oxygens (including phenoxy) is 3. The summed E-state index contributed by atoms with van der Waals surface area (Å²) in [7, 11) is 0. The number of aromatic nitrogens is 1. The van der Waals surface area contributed by atoms with Gasteiger partial charge in [0.1, 0.15) is 17.2 Å². The van der Waals surface area contributed by atoms with Crippen LogP contribution in [-0.4, -0.2) is 41.3 Å². The second-order valence-corrected chi connectivity index (χ2v) is 10.0. The SMILES string of the molecule is CC(C)(C)OC(=O)N1CC=C(c2cccc3c2OCC(c2nc4ccccc4s2)O3)CC1. The molecule has 0 radical (unpaired) electrons. The van der Waals surface area contributed by atoms with Gasteiger partial charge in [0.2, 0.25) is 0 Å². The number of rotatable bonds is 2. The summed E-state index contributed by atoms with van der Waals surface area (Å²) < 4.78 is 19.1. The molecule has 166 valence electrons. The monoisotopic (exact) mass is 450 g/mol. The summed E-state index contributed by atoms with van der Waals surface area (Å²) in [5, 5.41) is 0.923. The van der Waals surface area contributed by atoms with E-state index in [1.807, 2.05) is 51.1 Å². The second kappa shape index (κ2) is 8.13. The number of carbonyl (C=O) groups is 1. The van der Waals surface area contributed by atoms with Crippen LogP contribution < -0.4 is 9.47 Å². The van der Waals surface area contributed by atoms with E-state index in [-0.39, 0.29) is 12.2 Å². The molecule has 32 heavy (non-hydrogen) atoms. The first-order valence-electron chi connectivity index (χ1n) is 10.8. The molecule has 1 atom stereocenters. The third-order valence-electron chi connectivity index (χ3n) is 5.42. The highest BCUT2D eigenvalue weighted by molar-refractivity contribution is 7.18. The molecular formula is C25H26N2O4S. The molecule has 1 aromatic heterocycles. The van der Waals surface area contributed by atoms with E-state index in [9.17, 15) is 4.79 Å². The zero-order chi connectivity index (χ0) is 22.3. The maximum Gasteiger partial charge on any atom is 0.410 e. The number of carbonyl (C=O) groups excluding carboxylic acids is 1. The molecule has 2 aliphatic rings. The molecule has 5 rings (SSSR count). The summed E-state index contributed by atoms with van der Waals surface area (Å²) in [5.74, 6) is 1.50. The Morgan fingerprint density at radius 2 is 2.03 bits per heavy atom.